The normalized spacial score (nSPS) is 10.9. The van der Waals surface area contributed by atoms with Gasteiger partial charge >= 0.3 is 0 Å². The van der Waals surface area contributed by atoms with E-state index >= 15 is 0 Å². The maximum Gasteiger partial charge on any atom is 0.0992 e. The van der Waals surface area contributed by atoms with Crippen molar-refractivity contribution in [1.82, 2.24) is 0 Å². The van der Waals surface area contributed by atoms with Crippen LogP contribution in [0.5, 0.6) is 0 Å². The molecular formula is C26H40N2. The Morgan fingerprint density at radius 2 is 1.54 bits per heavy atom. The SMILES string of the molecule is C=C(CCCCCCCC=CCCCCCCCC)Nc1cccc(C#N)c1. The Hall–Kier alpha value is -2.01. The second kappa shape index (κ2) is 17.1. The summed E-state index contributed by atoms with van der Waals surface area (Å²) < 4.78 is 0. The number of unbranched alkanes of at least 4 members (excludes halogenated alkanes) is 11. The molecule has 1 aromatic rings. The average molecular weight is 381 g/mol. The first-order valence-electron chi connectivity index (χ1n) is 11.4. The van der Waals surface area contributed by atoms with Gasteiger partial charge in [-0.25, -0.2) is 0 Å². The van der Waals surface area contributed by atoms with Crippen LogP contribution in [0.2, 0.25) is 0 Å². The second-order valence-electron chi connectivity index (χ2n) is 7.76. The van der Waals surface area contributed by atoms with Crippen molar-refractivity contribution in [3.63, 3.8) is 0 Å². The molecule has 0 saturated carbocycles. The van der Waals surface area contributed by atoms with Gasteiger partial charge in [-0.15, -0.1) is 0 Å². The highest BCUT2D eigenvalue weighted by atomic mass is 14.9. The van der Waals surface area contributed by atoms with Gasteiger partial charge in [0.1, 0.15) is 0 Å². The van der Waals surface area contributed by atoms with Gasteiger partial charge in [0.05, 0.1) is 11.6 Å². The molecule has 0 atom stereocenters. The molecule has 154 valence electrons. The van der Waals surface area contributed by atoms with Crippen LogP contribution in [0.15, 0.2) is 48.7 Å². The van der Waals surface area contributed by atoms with Crippen LogP contribution in [-0.2, 0) is 0 Å². The van der Waals surface area contributed by atoms with Crippen LogP contribution in [0.25, 0.3) is 0 Å². The Kier molecular flexibility index (Phi) is 14.7. The summed E-state index contributed by atoms with van der Waals surface area (Å²) in [6, 6.07) is 9.73. The number of nitrogens with one attached hydrogen (secondary N) is 1. The van der Waals surface area contributed by atoms with Crippen LogP contribution in [0.1, 0.15) is 102 Å². The summed E-state index contributed by atoms with van der Waals surface area (Å²) in [5.74, 6) is 0. The number of rotatable bonds is 17. The Labute approximate surface area is 173 Å². The third kappa shape index (κ3) is 13.2. The summed E-state index contributed by atoms with van der Waals surface area (Å²) in [4.78, 5) is 0. The molecule has 28 heavy (non-hydrogen) atoms. The molecule has 0 fully saturated rings. The molecule has 0 radical (unpaired) electrons. The number of hydrogen-bond donors (Lipinski definition) is 1. The minimum absolute atomic E-state index is 0.679. The van der Waals surface area contributed by atoms with Crippen LogP contribution < -0.4 is 5.32 Å². The number of anilines is 1. The Bertz CT molecular complexity index is 595. The molecule has 0 aliphatic heterocycles. The summed E-state index contributed by atoms with van der Waals surface area (Å²) in [7, 11) is 0. The lowest BCUT2D eigenvalue weighted by Gasteiger charge is -2.09. The van der Waals surface area contributed by atoms with E-state index in [0.29, 0.717) is 5.56 Å². The predicted molar refractivity (Wildman–Crippen MR) is 123 cm³/mol. The Balaban J connectivity index is 1.91. The lowest BCUT2D eigenvalue weighted by molar-refractivity contribution is 0.608. The molecule has 2 heteroatoms. The van der Waals surface area contributed by atoms with Gasteiger partial charge in [0.15, 0.2) is 0 Å². The minimum Gasteiger partial charge on any atom is -0.359 e. The summed E-state index contributed by atoms with van der Waals surface area (Å²) in [5.41, 5.74) is 2.67. The van der Waals surface area contributed by atoms with Gasteiger partial charge in [-0.3, -0.25) is 0 Å². The van der Waals surface area contributed by atoms with E-state index in [1.54, 1.807) is 0 Å². The lowest BCUT2D eigenvalue weighted by Crippen LogP contribution is -1.98. The van der Waals surface area contributed by atoms with Crippen molar-refractivity contribution in [1.29, 1.82) is 5.26 Å². The molecule has 0 saturated heterocycles. The van der Waals surface area contributed by atoms with Gasteiger partial charge in [-0.05, 0) is 56.7 Å². The molecule has 2 nitrogen and oxygen atoms in total. The van der Waals surface area contributed by atoms with Gasteiger partial charge in [-0.1, -0.05) is 83.1 Å². The maximum atomic E-state index is 8.94. The average Bonchev–Trinajstić information content (AvgIpc) is 2.71. The molecule has 0 spiro atoms. The Morgan fingerprint density at radius 1 is 0.929 bits per heavy atom. The smallest absolute Gasteiger partial charge is 0.0992 e. The van der Waals surface area contributed by atoms with Gasteiger partial charge < -0.3 is 5.32 Å². The minimum atomic E-state index is 0.679. The first kappa shape index (κ1) is 24.0. The third-order valence-corrected chi connectivity index (χ3v) is 5.05. The van der Waals surface area contributed by atoms with Crippen molar-refractivity contribution in [3.8, 4) is 6.07 Å². The summed E-state index contributed by atoms with van der Waals surface area (Å²) in [6.45, 7) is 6.38. The summed E-state index contributed by atoms with van der Waals surface area (Å²) in [5, 5.41) is 12.3. The summed E-state index contributed by atoms with van der Waals surface area (Å²) >= 11 is 0. The number of nitriles is 1. The van der Waals surface area contributed by atoms with Gasteiger partial charge in [0, 0.05) is 11.4 Å². The zero-order valence-corrected chi connectivity index (χ0v) is 18.0. The number of allylic oxidation sites excluding steroid dienone is 3. The standard InChI is InChI=1S/C26H40N2/c1-3-4-5-6-7-8-9-10-11-12-13-14-15-16-17-19-24(2)28-26-21-18-20-25(22-26)23-27/h10-11,18,20-22,28H,2-9,12-17,19H2,1H3. The van der Waals surface area contributed by atoms with E-state index in [2.05, 4.69) is 37.0 Å². The van der Waals surface area contributed by atoms with E-state index in [4.69, 9.17) is 5.26 Å². The van der Waals surface area contributed by atoms with E-state index in [9.17, 15) is 0 Å². The Morgan fingerprint density at radius 3 is 2.18 bits per heavy atom. The van der Waals surface area contributed by atoms with Crippen LogP contribution >= 0.6 is 0 Å². The molecule has 1 N–H and O–H groups in total. The van der Waals surface area contributed by atoms with Crippen LogP contribution in [-0.4, -0.2) is 0 Å². The molecule has 0 unspecified atom stereocenters. The number of nitrogens with zero attached hydrogens (tertiary/aromatic N) is 1. The fourth-order valence-electron chi connectivity index (χ4n) is 3.34. The third-order valence-electron chi connectivity index (χ3n) is 5.05. The van der Waals surface area contributed by atoms with Gasteiger partial charge in [0.25, 0.3) is 0 Å². The van der Waals surface area contributed by atoms with Crippen molar-refractivity contribution in [2.24, 2.45) is 0 Å². The van der Waals surface area contributed by atoms with Crippen LogP contribution in [0, 0.1) is 11.3 Å². The van der Waals surface area contributed by atoms with E-state index in [1.165, 1.54) is 83.5 Å². The molecule has 0 aromatic heterocycles. The molecule has 1 rings (SSSR count). The number of benzene rings is 1. The molecule has 0 aliphatic rings. The monoisotopic (exact) mass is 380 g/mol. The van der Waals surface area contributed by atoms with E-state index < -0.39 is 0 Å². The van der Waals surface area contributed by atoms with E-state index in [-0.39, 0.29) is 0 Å². The summed E-state index contributed by atoms with van der Waals surface area (Å²) in [6.07, 6.45) is 23.0. The maximum absolute atomic E-state index is 8.94. The molecule has 1 aromatic carbocycles. The van der Waals surface area contributed by atoms with Crippen molar-refractivity contribution < 1.29 is 0 Å². The molecule has 0 aliphatic carbocycles. The largest absolute Gasteiger partial charge is 0.359 e. The van der Waals surface area contributed by atoms with Gasteiger partial charge in [0.2, 0.25) is 0 Å². The molecule has 0 bridgehead atoms. The fourth-order valence-corrected chi connectivity index (χ4v) is 3.34. The highest BCUT2D eigenvalue weighted by Gasteiger charge is 1.98. The highest BCUT2D eigenvalue weighted by Crippen LogP contribution is 2.16. The van der Waals surface area contributed by atoms with Crippen LogP contribution in [0.4, 0.5) is 5.69 Å². The molecule has 0 heterocycles. The zero-order valence-electron chi connectivity index (χ0n) is 18.0. The quantitative estimate of drug-likeness (QED) is 0.217. The highest BCUT2D eigenvalue weighted by molar-refractivity contribution is 5.52. The first-order chi connectivity index (χ1) is 13.8. The topological polar surface area (TPSA) is 35.8 Å². The fraction of sp³-hybridized carbons (Fsp3) is 0.577. The first-order valence-corrected chi connectivity index (χ1v) is 11.4. The van der Waals surface area contributed by atoms with Crippen molar-refractivity contribution in [3.05, 3.63) is 54.3 Å². The van der Waals surface area contributed by atoms with Crippen molar-refractivity contribution in [2.75, 3.05) is 5.32 Å². The predicted octanol–water partition coefficient (Wildman–Crippen LogP) is 8.52. The second-order valence-corrected chi connectivity index (χ2v) is 7.76. The zero-order chi connectivity index (χ0) is 20.3. The molecule has 0 amide bonds. The van der Waals surface area contributed by atoms with Gasteiger partial charge in [-0.2, -0.15) is 5.26 Å². The van der Waals surface area contributed by atoms with E-state index in [1.807, 2.05) is 24.3 Å². The molecular weight excluding hydrogens is 340 g/mol. The van der Waals surface area contributed by atoms with Crippen molar-refractivity contribution in [2.45, 2.75) is 96.8 Å². The van der Waals surface area contributed by atoms with Crippen LogP contribution in [0.3, 0.4) is 0 Å². The van der Waals surface area contributed by atoms with Crippen molar-refractivity contribution >= 4 is 5.69 Å². The van der Waals surface area contributed by atoms with E-state index in [0.717, 1.165) is 17.8 Å². The number of hydrogen-bond acceptors (Lipinski definition) is 2. The lowest BCUT2D eigenvalue weighted by atomic mass is 10.1.